The fourth-order valence-electron chi connectivity index (χ4n) is 2.88. The molecule has 2 aromatic rings. The highest BCUT2D eigenvalue weighted by atomic mass is 35.5. The van der Waals surface area contributed by atoms with Gasteiger partial charge in [-0.15, -0.1) is 10.2 Å². The molecule has 0 bridgehead atoms. The van der Waals surface area contributed by atoms with Gasteiger partial charge < -0.3 is 9.80 Å². The largest absolute Gasteiger partial charge is 0.354 e. The number of hydrogen-bond donors (Lipinski definition) is 0. The molecule has 2 heterocycles. The first-order valence-corrected chi connectivity index (χ1v) is 7.37. The van der Waals surface area contributed by atoms with Crippen LogP contribution in [-0.4, -0.2) is 48.3 Å². The molecule has 1 aliphatic heterocycles. The van der Waals surface area contributed by atoms with Crippen LogP contribution in [0.3, 0.4) is 0 Å². The first kappa shape index (κ1) is 13.6. The second-order valence-corrected chi connectivity index (χ2v) is 5.90. The molecule has 5 heteroatoms. The standard InChI is InChI=1S/C15H19ClN4/c1-19(2)11-7-9-20(10-8-11)15-13-6-4-3-5-12(13)14(16)17-18-15/h3-6,11H,7-10H2,1-2H3. The lowest BCUT2D eigenvalue weighted by Crippen LogP contribution is -2.42. The third-order valence-electron chi connectivity index (χ3n) is 4.12. The predicted molar refractivity (Wildman–Crippen MR) is 83.5 cm³/mol. The number of halogens is 1. The van der Waals surface area contributed by atoms with Crippen LogP contribution in [-0.2, 0) is 0 Å². The summed E-state index contributed by atoms with van der Waals surface area (Å²) in [4.78, 5) is 4.63. The van der Waals surface area contributed by atoms with Crippen molar-refractivity contribution in [1.29, 1.82) is 0 Å². The maximum Gasteiger partial charge on any atom is 0.159 e. The highest BCUT2D eigenvalue weighted by Crippen LogP contribution is 2.30. The quantitative estimate of drug-likeness (QED) is 0.851. The molecule has 20 heavy (non-hydrogen) atoms. The van der Waals surface area contributed by atoms with E-state index in [1.54, 1.807) is 0 Å². The van der Waals surface area contributed by atoms with Crippen LogP contribution in [0.25, 0.3) is 10.8 Å². The fraction of sp³-hybridized carbons (Fsp3) is 0.467. The van der Waals surface area contributed by atoms with E-state index in [1.807, 2.05) is 18.2 Å². The Morgan fingerprint density at radius 2 is 1.75 bits per heavy atom. The summed E-state index contributed by atoms with van der Waals surface area (Å²) in [5.74, 6) is 0.960. The third-order valence-corrected chi connectivity index (χ3v) is 4.40. The van der Waals surface area contributed by atoms with E-state index in [-0.39, 0.29) is 0 Å². The minimum atomic E-state index is 0.479. The van der Waals surface area contributed by atoms with Gasteiger partial charge in [-0.05, 0) is 26.9 Å². The van der Waals surface area contributed by atoms with Crippen LogP contribution in [0.4, 0.5) is 5.82 Å². The third kappa shape index (κ3) is 2.45. The predicted octanol–water partition coefficient (Wildman–Crippen LogP) is 2.81. The molecular weight excluding hydrogens is 272 g/mol. The Morgan fingerprint density at radius 3 is 2.40 bits per heavy atom. The first-order valence-electron chi connectivity index (χ1n) is 6.99. The lowest BCUT2D eigenvalue weighted by molar-refractivity contribution is 0.249. The van der Waals surface area contributed by atoms with Crippen LogP contribution >= 0.6 is 11.6 Å². The monoisotopic (exact) mass is 290 g/mol. The van der Waals surface area contributed by atoms with E-state index < -0.39 is 0 Å². The number of fused-ring (bicyclic) bond motifs is 1. The van der Waals surface area contributed by atoms with Gasteiger partial charge in [-0.1, -0.05) is 35.9 Å². The average Bonchev–Trinajstić information content (AvgIpc) is 2.48. The van der Waals surface area contributed by atoms with Crippen molar-refractivity contribution in [2.75, 3.05) is 32.1 Å². The number of anilines is 1. The molecule has 0 radical (unpaired) electrons. The van der Waals surface area contributed by atoms with Crippen LogP contribution in [0.15, 0.2) is 24.3 Å². The molecule has 4 nitrogen and oxygen atoms in total. The van der Waals surface area contributed by atoms with Crippen LogP contribution < -0.4 is 4.90 Å². The summed E-state index contributed by atoms with van der Waals surface area (Å²) >= 11 is 6.13. The first-order chi connectivity index (χ1) is 9.66. The molecule has 1 aliphatic rings. The Labute approximate surface area is 124 Å². The number of hydrogen-bond acceptors (Lipinski definition) is 4. The summed E-state index contributed by atoms with van der Waals surface area (Å²) in [5.41, 5.74) is 0. The van der Waals surface area contributed by atoms with Crippen LogP contribution in [0, 0.1) is 0 Å². The molecule has 1 fully saturated rings. The van der Waals surface area contributed by atoms with Crippen molar-refractivity contribution in [3.05, 3.63) is 29.4 Å². The zero-order valence-electron chi connectivity index (χ0n) is 11.9. The molecule has 0 saturated carbocycles. The van der Waals surface area contributed by atoms with Gasteiger partial charge in [-0.25, -0.2) is 0 Å². The fourth-order valence-corrected chi connectivity index (χ4v) is 3.09. The van der Waals surface area contributed by atoms with Gasteiger partial charge in [0, 0.05) is 29.9 Å². The summed E-state index contributed by atoms with van der Waals surface area (Å²) in [7, 11) is 4.30. The van der Waals surface area contributed by atoms with E-state index in [1.165, 1.54) is 0 Å². The summed E-state index contributed by atoms with van der Waals surface area (Å²) in [5, 5.41) is 11.0. The highest BCUT2D eigenvalue weighted by Gasteiger charge is 2.23. The van der Waals surface area contributed by atoms with Crippen molar-refractivity contribution in [1.82, 2.24) is 15.1 Å². The van der Waals surface area contributed by atoms with Crippen LogP contribution in [0.1, 0.15) is 12.8 Å². The van der Waals surface area contributed by atoms with Gasteiger partial charge in [0.2, 0.25) is 0 Å². The topological polar surface area (TPSA) is 32.3 Å². The van der Waals surface area contributed by atoms with Crippen molar-refractivity contribution < 1.29 is 0 Å². The van der Waals surface area contributed by atoms with Crippen molar-refractivity contribution in [3.8, 4) is 0 Å². The Morgan fingerprint density at radius 1 is 1.10 bits per heavy atom. The molecule has 0 unspecified atom stereocenters. The average molecular weight is 291 g/mol. The second-order valence-electron chi connectivity index (χ2n) is 5.54. The van der Waals surface area contributed by atoms with E-state index in [2.05, 4.69) is 40.2 Å². The zero-order valence-corrected chi connectivity index (χ0v) is 12.6. The molecule has 0 atom stereocenters. The van der Waals surface area contributed by atoms with Crippen molar-refractivity contribution in [2.45, 2.75) is 18.9 Å². The Hall–Kier alpha value is -1.39. The highest BCUT2D eigenvalue weighted by molar-refractivity contribution is 6.34. The van der Waals surface area contributed by atoms with E-state index in [0.717, 1.165) is 42.5 Å². The minimum Gasteiger partial charge on any atom is -0.354 e. The van der Waals surface area contributed by atoms with E-state index >= 15 is 0 Å². The van der Waals surface area contributed by atoms with Gasteiger partial charge in [-0.3, -0.25) is 0 Å². The smallest absolute Gasteiger partial charge is 0.159 e. The number of nitrogens with zero attached hydrogens (tertiary/aromatic N) is 4. The molecule has 1 aromatic heterocycles. The molecule has 1 aromatic carbocycles. The molecule has 106 valence electrons. The molecule has 0 aliphatic carbocycles. The summed E-state index contributed by atoms with van der Waals surface area (Å²) in [6.07, 6.45) is 2.32. The molecule has 3 rings (SSSR count). The second kappa shape index (κ2) is 5.54. The molecule has 0 amide bonds. The van der Waals surface area contributed by atoms with E-state index in [9.17, 15) is 0 Å². The van der Waals surface area contributed by atoms with Gasteiger partial charge in [0.15, 0.2) is 11.0 Å². The number of benzene rings is 1. The Kier molecular flexibility index (Phi) is 3.76. The summed E-state index contributed by atoms with van der Waals surface area (Å²) in [6, 6.07) is 8.75. The van der Waals surface area contributed by atoms with E-state index in [0.29, 0.717) is 11.2 Å². The van der Waals surface area contributed by atoms with Crippen LogP contribution in [0.2, 0.25) is 5.15 Å². The lowest BCUT2D eigenvalue weighted by atomic mass is 10.0. The zero-order chi connectivity index (χ0) is 14.1. The minimum absolute atomic E-state index is 0.479. The van der Waals surface area contributed by atoms with Gasteiger partial charge in [0.05, 0.1) is 0 Å². The maximum absolute atomic E-state index is 6.13. The van der Waals surface area contributed by atoms with Gasteiger partial charge in [0.1, 0.15) is 0 Å². The molecule has 0 spiro atoms. The molecule has 0 N–H and O–H groups in total. The van der Waals surface area contributed by atoms with Gasteiger partial charge in [0.25, 0.3) is 0 Å². The Bertz CT molecular complexity index is 606. The van der Waals surface area contributed by atoms with Crippen LogP contribution in [0.5, 0.6) is 0 Å². The van der Waals surface area contributed by atoms with E-state index in [4.69, 9.17) is 11.6 Å². The molecular formula is C15H19ClN4. The van der Waals surface area contributed by atoms with Crippen molar-refractivity contribution in [2.24, 2.45) is 0 Å². The van der Waals surface area contributed by atoms with Gasteiger partial charge >= 0.3 is 0 Å². The molecule has 1 saturated heterocycles. The van der Waals surface area contributed by atoms with Gasteiger partial charge in [-0.2, -0.15) is 0 Å². The SMILES string of the molecule is CN(C)C1CCN(c2nnc(Cl)c3ccccc23)CC1. The number of piperidine rings is 1. The number of aromatic nitrogens is 2. The summed E-state index contributed by atoms with van der Waals surface area (Å²) in [6.45, 7) is 2.03. The van der Waals surface area contributed by atoms with Crippen molar-refractivity contribution in [3.63, 3.8) is 0 Å². The summed E-state index contributed by atoms with van der Waals surface area (Å²) < 4.78 is 0. The lowest BCUT2D eigenvalue weighted by Gasteiger charge is -2.36. The Balaban J connectivity index is 1.90. The maximum atomic E-state index is 6.13. The normalized spacial score (nSPS) is 17.1. The van der Waals surface area contributed by atoms with Crippen molar-refractivity contribution >= 4 is 28.2 Å². The number of rotatable bonds is 2.